The number of hydrogen-bond acceptors (Lipinski definition) is 8. The highest BCUT2D eigenvalue weighted by molar-refractivity contribution is 6.25. The van der Waals surface area contributed by atoms with Crippen LogP contribution in [0.5, 0.6) is 11.5 Å². The third-order valence-electron chi connectivity index (χ3n) is 8.07. The maximum Gasteiger partial charge on any atom is 0.292 e. The number of hydrogen-bond donors (Lipinski definition) is 2. The molecule has 10 nitrogen and oxygen atoms in total. The fourth-order valence-electron chi connectivity index (χ4n) is 5.63. The van der Waals surface area contributed by atoms with Crippen LogP contribution in [0.25, 0.3) is 16.5 Å². The molecular formula is C36H40N4O6. The number of nitrogens with zero attached hydrogens (tertiary/aromatic N) is 2. The molecule has 1 aliphatic rings. The fraction of sp³-hybridized carbons (Fsp3) is 0.306. The standard InChI is InChI=1S/C36H40N4O6/c1-43-31-20-25-15-18-40(23-28(25)21-32(31)44-2)17-8-7-16-37-34(41)24-11-13-29(14-12-24)39-35(42)33(36(45-3)46-4)27-19-26-9-5-6-10-30(26)38-22-27/h5-6,9-14,19-22H,7-8,15-18,23H2,1-4H3,(H,37,41)(H,39,42). The molecule has 0 atom stereocenters. The average molecular weight is 625 g/mol. The molecule has 1 aliphatic heterocycles. The van der Waals surface area contributed by atoms with Crippen LogP contribution in [0.1, 0.15) is 39.9 Å². The minimum absolute atomic E-state index is 0.0663. The van der Waals surface area contributed by atoms with Gasteiger partial charge in [-0.05, 0) is 85.5 Å². The van der Waals surface area contributed by atoms with Crippen LogP contribution in [0, 0.1) is 0 Å². The van der Waals surface area contributed by atoms with Crippen molar-refractivity contribution >= 4 is 34.0 Å². The second-order valence-electron chi connectivity index (χ2n) is 11.0. The maximum atomic E-state index is 13.4. The Morgan fingerprint density at radius 2 is 1.57 bits per heavy atom. The van der Waals surface area contributed by atoms with Crippen molar-refractivity contribution in [3.05, 3.63) is 101 Å². The molecule has 0 saturated carbocycles. The van der Waals surface area contributed by atoms with Crippen LogP contribution in [0.15, 0.2) is 78.9 Å². The summed E-state index contributed by atoms with van der Waals surface area (Å²) in [5.74, 6) is 1.01. The third-order valence-corrected chi connectivity index (χ3v) is 8.07. The molecule has 0 saturated heterocycles. The maximum absolute atomic E-state index is 13.4. The number of carbonyl (C=O) groups excluding carboxylic acids is 2. The highest BCUT2D eigenvalue weighted by Gasteiger charge is 2.22. The Hall–Kier alpha value is -5.09. The van der Waals surface area contributed by atoms with E-state index >= 15 is 0 Å². The van der Waals surface area contributed by atoms with Crippen molar-refractivity contribution in [3.8, 4) is 11.5 Å². The molecule has 0 fully saturated rings. The first-order valence-electron chi connectivity index (χ1n) is 15.3. The lowest BCUT2D eigenvalue weighted by atomic mass is 9.98. The zero-order chi connectivity index (χ0) is 32.5. The van der Waals surface area contributed by atoms with E-state index in [1.54, 1.807) is 44.7 Å². The minimum Gasteiger partial charge on any atom is -0.493 e. The predicted octanol–water partition coefficient (Wildman–Crippen LogP) is 5.42. The zero-order valence-corrected chi connectivity index (χ0v) is 26.7. The average Bonchev–Trinajstić information content (AvgIpc) is 3.09. The first-order chi connectivity index (χ1) is 22.4. The van der Waals surface area contributed by atoms with Gasteiger partial charge in [-0.25, -0.2) is 0 Å². The molecule has 0 spiro atoms. The lowest BCUT2D eigenvalue weighted by Gasteiger charge is -2.29. The Kier molecular flexibility index (Phi) is 10.7. The number of ether oxygens (including phenoxy) is 4. The number of aromatic nitrogens is 1. The molecule has 0 aliphatic carbocycles. The number of fused-ring (bicyclic) bond motifs is 2. The predicted molar refractivity (Wildman–Crippen MR) is 178 cm³/mol. The topological polar surface area (TPSA) is 111 Å². The molecule has 2 N–H and O–H groups in total. The number of nitrogens with one attached hydrogen (secondary N) is 2. The van der Waals surface area contributed by atoms with E-state index in [9.17, 15) is 9.59 Å². The van der Waals surface area contributed by atoms with Crippen molar-refractivity contribution in [2.24, 2.45) is 0 Å². The van der Waals surface area contributed by atoms with Crippen LogP contribution in [0.2, 0.25) is 0 Å². The summed E-state index contributed by atoms with van der Waals surface area (Å²) in [7, 11) is 6.20. The summed E-state index contributed by atoms with van der Waals surface area (Å²) in [6, 6.07) is 20.4. The van der Waals surface area contributed by atoms with Crippen LogP contribution >= 0.6 is 0 Å². The second-order valence-corrected chi connectivity index (χ2v) is 11.0. The van der Waals surface area contributed by atoms with Gasteiger partial charge >= 0.3 is 0 Å². The van der Waals surface area contributed by atoms with Crippen LogP contribution < -0.4 is 20.1 Å². The van der Waals surface area contributed by atoms with E-state index in [1.165, 1.54) is 25.3 Å². The highest BCUT2D eigenvalue weighted by atomic mass is 16.7. The number of carbonyl (C=O) groups is 2. The monoisotopic (exact) mass is 624 g/mol. The Morgan fingerprint density at radius 1 is 0.848 bits per heavy atom. The third kappa shape index (κ3) is 7.58. The summed E-state index contributed by atoms with van der Waals surface area (Å²) in [5.41, 5.74) is 5.19. The van der Waals surface area contributed by atoms with Gasteiger partial charge in [0.15, 0.2) is 11.5 Å². The molecule has 5 rings (SSSR count). The second kappa shape index (κ2) is 15.3. The number of pyridine rings is 1. The molecule has 46 heavy (non-hydrogen) atoms. The minimum atomic E-state index is -0.427. The first-order valence-corrected chi connectivity index (χ1v) is 15.3. The molecule has 2 amide bonds. The van der Waals surface area contributed by atoms with E-state index in [4.69, 9.17) is 18.9 Å². The van der Waals surface area contributed by atoms with Gasteiger partial charge in [-0.1, -0.05) is 18.2 Å². The molecule has 0 radical (unpaired) electrons. The lowest BCUT2D eigenvalue weighted by molar-refractivity contribution is -0.111. The van der Waals surface area contributed by atoms with E-state index in [1.807, 2.05) is 30.3 Å². The molecule has 3 aromatic carbocycles. The van der Waals surface area contributed by atoms with Gasteiger partial charge in [0.05, 0.1) is 34.0 Å². The smallest absolute Gasteiger partial charge is 0.292 e. The number of benzene rings is 3. The van der Waals surface area contributed by atoms with Crippen molar-refractivity contribution in [3.63, 3.8) is 0 Å². The van der Waals surface area contributed by atoms with Crippen LogP contribution in [0.3, 0.4) is 0 Å². The number of rotatable bonds is 13. The SMILES string of the molecule is COC(OC)=C(C(=O)Nc1ccc(C(=O)NCCCCN2CCc3cc(OC)c(OC)cc3C2)cc1)c1cnc2ccccc2c1. The number of anilines is 1. The van der Waals surface area contributed by atoms with E-state index < -0.39 is 5.91 Å². The van der Waals surface area contributed by atoms with Crippen molar-refractivity contribution in [2.45, 2.75) is 25.8 Å². The van der Waals surface area contributed by atoms with Gasteiger partial charge in [0.2, 0.25) is 0 Å². The van der Waals surface area contributed by atoms with Crippen molar-refractivity contribution < 1.29 is 28.5 Å². The van der Waals surface area contributed by atoms with Gasteiger partial charge in [0.25, 0.3) is 17.8 Å². The molecule has 0 bridgehead atoms. The number of methoxy groups -OCH3 is 4. The summed E-state index contributed by atoms with van der Waals surface area (Å²) < 4.78 is 21.6. The summed E-state index contributed by atoms with van der Waals surface area (Å²) in [6.07, 6.45) is 4.43. The molecule has 10 heteroatoms. The van der Waals surface area contributed by atoms with Crippen LogP contribution in [-0.2, 0) is 27.2 Å². The quantitative estimate of drug-likeness (QED) is 0.115. The van der Waals surface area contributed by atoms with Gasteiger partial charge in [-0.15, -0.1) is 0 Å². The summed E-state index contributed by atoms with van der Waals surface area (Å²) in [6.45, 7) is 3.40. The largest absolute Gasteiger partial charge is 0.493 e. The molecule has 4 aromatic rings. The van der Waals surface area contributed by atoms with Gasteiger partial charge in [0, 0.05) is 48.0 Å². The van der Waals surface area contributed by atoms with Crippen LogP contribution in [0.4, 0.5) is 5.69 Å². The molecular weight excluding hydrogens is 584 g/mol. The van der Waals surface area contributed by atoms with Gasteiger partial charge in [-0.2, -0.15) is 0 Å². The zero-order valence-electron chi connectivity index (χ0n) is 26.7. The summed E-state index contributed by atoms with van der Waals surface area (Å²) in [4.78, 5) is 33.1. The Bertz CT molecular complexity index is 1710. The van der Waals surface area contributed by atoms with Crippen molar-refractivity contribution in [1.29, 1.82) is 0 Å². The molecule has 0 unspecified atom stereocenters. The van der Waals surface area contributed by atoms with Crippen molar-refractivity contribution in [1.82, 2.24) is 15.2 Å². The fourth-order valence-corrected chi connectivity index (χ4v) is 5.63. The molecule has 2 heterocycles. The van der Waals surface area contributed by atoms with E-state index in [2.05, 4.69) is 32.7 Å². The Balaban J connectivity index is 1.11. The van der Waals surface area contributed by atoms with Crippen molar-refractivity contribution in [2.75, 3.05) is 53.4 Å². The summed E-state index contributed by atoms with van der Waals surface area (Å²) in [5, 5.41) is 6.76. The van der Waals surface area contributed by atoms with Gasteiger partial charge in [-0.3, -0.25) is 19.5 Å². The molecule has 240 valence electrons. The van der Waals surface area contributed by atoms with E-state index in [0.717, 1.165) is 61.3 Å². The Morgan fingerprint density at radius 3 is 2.28 bits per heavy atom. The Labute approximate surface area is 269 Å². The van der Waals surface area contributed by atoms with E-state index in [-0.39, 0.29) is 17.4 Å². The summed E-state index contributed by atoms with van der Waals surface area (Å²) >= 11 is 0. The molecule has 1 aromatic heterocycles. The van der Waals surface area contributed by atoms with Gasteiger partial charge < -0.3 is 29.6 Å². The number of amides is 2. The lowest BCUT2D eigenvalue weighted by Crippen LogP contribution is -2.32. The normalized spacial score (nSPS) is 12.5. The van der Waals surface area contributed by atoms with E-state index in [0.29, 0.717) is 23.4 Å². The van der Waals surface area contributed by atoms with Crippen LogP contribution in [-0.4, -0.2) is 69.8 Å². The first kappa shape index (κ1) is 32.3. The number of para-hydroxylation sites is 1. The highest BCUT2D eigenvalue weighted by Crippen LogP contribution is 2.33. The van der Waals surface area contributed by atoms with Gasteiger partial charge in [0.1, 0.15) is 5.57 Å². The number of unbranched alkanes of at least 4 members (excludes halogenated alkanes) is 1.